The first-order valence-electron chi connectivity index (χ1n) is 7.91. The minimum absolute atomic E-state index is 0.0599. The molecule has 2 amide bonds. The molecule has 0 saturated heterocycles. The number of hydrazine groups is 1. The van der Waals surface area contributed by atoms with E-state index in [2.05, 4.69) is 21.0 Å². The zero-order valence-corrected chi connectivity index (χ0v) is 14.8. The maximum Gasteiger partial charge on any atom is 0.276 e. The molecule has 2 aromatic heterocycles. The van der Waals surface area contributed by atoms with Crippen LogP contribution in [0.25, 0.3) is 11.4 Å². The number of carbonyl (C=O) groups excluding carboxylic acids is 2. The Kier molecular flexibility index (Phi) is 6.10. The number of hydrogen-bond donors (Lipinski definition) is 2. The highest BCUT2D eigenvalue weighted by Crippen LogP contribution is 2.18. The van der Waals surface area contributed by atoms with Crippen LogP contribution < -0.4 is 15.6 Å². The predicted molar refractivity (Wildman–Crippen MR) is 94.1 cm³/mol. The van der Waals surface area contributed by atoms with Crippen LogP contribution in [0.3, 0.4) is 0 Å². The van der Waals surface area contributed by atoms with Crippen LogP contribution in [0.5, 0.6) is 5.75 Å². The molecule has 10 heteroatoms. The van der Waals surface area contributed by atoms with Crippen molar-refractivity contribution in [3.63, 3.8) is 0 Å². The van der Waals surface area contributed by atoms with Crippen LogP contribution in [-0.2, 0) is 16.0 Å². The van der Waals surface area contributed by atoms with Crippen LogP contribution in [0, 0.1) is 5.82 Å². The molecule has 0 unspecified atom stereocenters. The number of aromatic nitrogens is 2. The second-order valence-corrected chi connectivity index (χ2v) is 6.14. The van der Waals surface area contributed by atoms with Crippen LogP contribution in [-0.4, -0.2) is 28.6 Å². The summed E-state index contributed by atoms with van der Waals surface area (Å²) in [6, 6.07) is 7.11. The average molecular weight is 390 g/mol. The van der Waals surface area contributed by atoms with Crippen molar-refractivity contribution in [1.29, 1.82) is 0 Å². The second kappa shape index (κ2) is 8.90. The van der Waals surface area contributed by atoms with E-state index in [0.29, 0.717) is 17.5 Å². The van der Waals surface area contributed by atoms with E-state index in [0.717, 1.165) is 5.56 Å². The standard InChI is InChI=1S/C17H15FN4O4S/c18-12-1-3-13(4-2-12)25-9-15(24)21-20-14(23)5-6-16-19-17(22-26-16)11-7-8-27-10-11/h1-4,7-8,10H,5-6,9H2,(H,20,23)(H,21,24). The summed E-state index contributed by atoms with van der Waals surface area (Å²) in [7, 11) is 0. The van der Waals surface area contributed by atoms with E-state index in [1.165, 1.54) is 35.6 Å². The summed E-state index contributed by atoms with van der Waals surface area (Å²) in [5, 5.41) is 7.65. The van der Waals surface area contributed by atoms with Crippen molar-refractivity contribution in [2.75, 3.05) is 6.61 Å². The minimum Gasteiger partial charge on any atom is -0.484 e. The van der Waals surface area contributed by atoms with Crippen LogP contribution in [0.4, 0.5) is 4.39 Å². The Hall–Kier alpha value is -3.27. The molecule has 0 atom stereocenters. The lowest BCUT2D eigenvalue weighted by atomic mass is 10.3. The monoisotopic (exact) mass is 390 g/mol. The summed E-state index contributed by atoms with van der Waals surface area (Å²) >= 11 is 1.52. The van der Waals surface area contributed by atoms with Gasteiger partial charge in [0, 0.05) is 23.8 Å². The summed E-state index contributed by atoms with van der Waals surface area (Å²) < 4.78 is 23.0. The largest absolute Gasteiger partial charge is 0.484 e. The summed E-state index contributed by atoms with van der Waals surface area (Å²) in [5.41, 5.74) is 5.35. The van der Waals surface area contributed by atoms with Gasteiger partial charge in [-0.25, -0.2) is 4.39 Å². The topological polar surface area (TPSA) is 106 Å². The summed E-state index contributed by atoms with van der Waals surface area (Å²) in [6.07, 6.45) is 0.301. The van der Waals surface area contributed by atoms with E-state index in [9.17, 15) is 14.0 Å². The molecule has 8 nitrogen and oxygen atoms in total. The van der Waals surface area contributed by atoms with Gasteiger partial charge in [0.05, 0.1) is 0 Å². The highest BCUT2D eigenvalue weighted by molar-refractivity contribution is 7.08. The number of nitrogens with zero attached hydrogens (tertiary/aromatic N) is 2. The van der Waals surface area contributed by atoms with Gasteiger partial charge < -0.3 is 9.26 Å². The highest BCUT2D eigenvalue weighted by Gasteiger charge is 2.11. The number of hydrogen-bond acceptors (Lipinski definition) is 7. The van der Waals surface area contributed by atoms with Gasteiger partial charge in [-0.05, 0) is 35.7 Å². The molecule has 0 saturated carbocycles. The van der Waals surface area contributed by atoms with Crippen LogP contribution in [0.1, 0.15) is 12.3 Å². The smallest absolute Gasteiger partial charge is 0.276 e. The van der Waals surface area contributed by atoms with Crippen LogP contribution in [0.15, 0.2) is 45.6 Å². The Morgan fingerprint density at radius 3 is 2.67 bits per heavy atom. The number of rotatable bonds is 7. The normalized spacial score (nSPS) is 10.4. The quantitative estimate of drug-likeness (QED) is 0.599. The van der Waals surface area contributed by atoms with Crippen molar-refractivity contribution in [3.8, 4) is 17.1 Å². The first-order valence-corrected chi connectivity index (χ1v) is 8.85. The lowest BCUT2D eigenvalue weighted by Gasteiger charge is -2.08. The zero-order chi connectivity index (χ0) is 19.1. The Labute approximate surface area is 157 Å². The molecule has 140 valence electrons. The third kappa shape index (κ3) is 5.61. The number of aryl methyl sites for hydroxylation is 1. The summed E-state index contributed by atoms with van der Waals surface area (Å²) in [6.45, 7) is -0.320. The van der Waals surface area contributed by atoms with Crippen molar-refractivity contribution < 1.29 is 23.2 Å². The average Bonchev–Trinajstić information content (AvgIpc) is 3.35. The van der Waals surface area contributed by atoms with E-state index >= 15 is 0 Å². The first-order chi connectivity index (χ1) is 13.1. The molecule has 0 aliphatic rings. The lowest BCUT2D eigenvalue weighted by Crippen LogP contribution is -2.43. The third-order valence-electron chi connectivity index (χ3n) is 3.34. The van der Waals surface area contributed by atoms with Crippen molar-refractivity contribution in [1.82, 2.24) is 21.0 Å². The number of amides is 2. The van der Waals surface area contributed by atoms with E-state index in [1.54, 1.807) is 0 Å². The van der Waals surface area contributed by atoms with Crippen molar-refractivity contribution in [2.24, 2.45) is 0 Å². The highest BCUT2D eigenvalue weighted by atomic mass is 32.1. The van der Waals surface area contributed by atoms with E-state index in [-0.39, 0.29) is 19.4 Å². The maximum atomic E-state index is 12.8. The molecule has 2 heterocycles. The Morgan fingerprint density at radius 1 is 1.15 bits per heavy atom. The number of carbonyl (C=O) groups is 2. The second-order valence-electron chi connectivity index (χ2n) is 5.36. The summed E-state index contributed by atoms with van der Waals surface area (Å²) in [5.74, 6) is -0.223. The third-order valence-corrected chi connectivity index (χ3v) is 4.02. The molecular weight excluding hydrogens is 375 g/mol. The van der Waals surface area contributed by atoms with Crippen molar-refractivity contribution in [2.45, 2.75) is 12.8 Å². The van der Waals surface area contributed by atoms with Gasteiger partial charge in [0.15, 0.2) is 6.61 Å². The maximum absolute atomic E-state index is 12.8. The van der Waals surface area contributed by atoms with E-state index in [4.69, 9.17) is 9.26 Å². The van der Waals surface area contributed by atoms with E-state index in [1.807, 2.05) is 16.8 Å². The summed E-state index contributed by atoms with van der Waals surface area (Å²) in [4.78, 5) is 27.6. The van der Waals surface area contributed by atoms with Crippen LogP contribution >= 0.6 is 11.3 Å². The molecular formula is C17H15FN4O4S. The van der Waals surface area contributed by atoms with Crippen molar-refractivity contribution >= 4 is 23.2 Å². The zero-order valence-electron chi connectivity index (χ0n) is 14.0. The lowest BCUT2D eigenvalue weighted by molar-refractivity contribution is -0.130. The number of halogens is 1. The Morgan fingerprint density at radius 2 is 1.93 bits per heavy atom. The molecule has 1 aromatic carbocycles. The minimum atomic E-state index is -0.551. The molecule has 3 rings (SSSR count). The molecule has 2 N–H and O–H groups in total. The molecule has 3 aromatic rings. The van der Waals surface area contributed by atoms with Gasteiger partial charge in [0.1, 0.15) is 11.6 Å². The fourth-order valence-electron chi connectivity index (χ4n) is 2.00. The molecule has 0 aliphatic carbocycles. The molecule has 0 fully saturated rings. The van der Waals surface area contributed by atoms with Gasteiger partial charge in [0.25, 0.3) is 5.91 Å². The van der Waals surface area contributed by atoms with Gasteiger partial charge in [0.2, 0.25) is 17.6 Å². The van der Waals surface area contributed by atoms with Crippen molar-refractivity contribution in [3.05, 3.63) is 52.8 Å². The van der Waals surface area contributed by atoms with E-state index < -0.39 is 17.6 Å². The van der Waals surface area contributed by atoms with Gasteiger partial charge in [-0.15, -0.1) is 0 Å². The number of benzene rings is 1. The van der Waals surface area contributed by atoms with Gasteiger partial charge >= 0.3 is 0 Å². The molecule has 0 bridgehead atoms. The number of thiophene rings is 1. The first kappa shape index (κ1) is 18.5. The molecule has 27 heavy (non-hydrogen) atoms. The Balaban J connectivity index is 1.35. The molecule has 0 aliphatic heterocycles. The van der Waals surface area contributed by atoms with Gasteiger partial charge in [-0.3, -0.25) is 20.4 Å². The Bertz CT molecular complexity index is 896. The molecule has 0 radical (unpaired) electrons. The predicted octanol–water partition coefficient (Wildman–Crippen LogP) is 2.10. The number of nitrogens with one attached hydrogen (secondary N) is 2. The number of ether oxygens (including phenoxy) is 1. The molecule has 0 spiro atoms. The van der Waals surface area contributed by atoms with Crippen LogP contribution in [0.2, 0.25) is 0 Å². The fourth-order valence-corrected chi connectivity index (χ4v) is 2.64. The van der Waals surface area contributed by atoms with Gasteiger partial charge in [-0.2, -0.15) is 16.3 Å². The van der Waals surface area contributed by atoms with Gasteiger partial charge in [-0.1, -0.05) is 5.16 Å². The SMILES string of the molecule is O=C(CCc1nc(-c2ccsc2)no1)NNC(=O)COc1ccc(F)cc1. The fraction of sp³-hybridized carbons (Fsp3) is 0.176.